The number of carbonyl (C=O) groups excluding carboxylic acids is 1. The van der Waals surface area contributed by atoms with E-state index in [9.17, 15) is 4.79 Å². The molecule has 2 aromatic carbocycles. The third kappa shape index (κ3) is 3.50. The van der Waals surface area contributed by atoms with Crippen LogP contribution in [0.15, 0.2) is 54.6 Å². The van der Waals surface area contributed by atoms with Gasteiger partial charge in [-0.2, -0.15) is 0 Å². The zero-order valence-corrected chi connectivity index (χ0v) is 10.6. The van der Waals surface area contributed by atoms with E-state index in [1.165, 1.54) is 0 Å². The Bertz CT molecular complexity index is 534. The van der Waals surface area contributed by atoms with E-state index in [1.54, 1.807) is 24.3 Å². The normalized spacial score (nSPS) is 12.1. The highest BCUT2D eigenvalue weighted by atomic mass is 16.3. The Balaban J connectivity index is 2.12. The van der Waals surface area contributed by atoms with Crippen LogP contribution < -0.4 is 5.73 Å². The van der Waals surface area contributed by atoms with Crippen molar-refractivity contribution < 1.29 is 9.90 Å². The maximum absolute atomic E-state index is 12.2. The van der Waals surface area contributed by atoms with Crippen LogP contribution in [-0.2, 0) is 6.42 Å². The zero-order chi connectivity index (χ0) is 13.7. The molecule has 0 saturated heterocycles. The van der Waals surface area contributed by atoms with Crippen LogP contribution in [0, 0.1) is 0 Å². The van der Waals surface area contributed by atoms with Crippen molar-refractivity contribution in [2.75, 3.05) is 6.61 Å². The first-order valence-electron chi connectivity index (χ1n) is 6.26. The topological polar surface area (TPSA) is 63.3 Å². The van der Waals surface area contributed by atoms with Gasteiger partial charge in [0.25, 0.3) is 0 Å². The third-order valence-electron chi connectivity index (χ3n) is 2.98. The molecule has 3 nitrogen and oxygen atoms in total. The van der Waals surface area contributed by atoms with Gasteiger partial charge < -0.3 is 10.8 Å². The number of aliphatic hydroxyl groups is 1. The molecule has 0 aliphatic rings. The molecule has 0 fully saturated rings. The number of carbonyl (C=O) groups is 1. The SMILES string of the molecule is N[C@H](CO)Cc1ccc(C(=O)c2ccccc2)cc1. The molecule has 0 unspecified atom stereocenters. The second-order valence-electron chi connectivity index (χ2n) is 4.54. The van der Waals surface area contributed by atoms with Crippen LogP contribution in [0.4, 0.5) is 0 Å². The smallest absolute Gasteiger partial charge is 0.193 e. The minimum Gasteiger partial charge on any atom is -0.395 e. The monoisotopic (exact) mass is 255 g/mol. The highest BCUT2D eigenvalue weighted by Crippen LogP contribution is 2.11. The lowest BCUT2D eigenvalue weighted by atomic mass is 10.00. The first-order valence-corrected chi connectivity index (χ1v) is 6.26. The van der Waals surface area contributed by atoms with Crippen molar-refractivity contribution >= 4 is 5.78 Å². The summed E-state index contributed by atoms with van der Waals surface area (Å²) in [6.45, 7) is -0.0370. The van der Waals surface area contributed by atoms with Gasteiger partial charge in [-0.3, -0.25) is 4.79 Å². The molecule has 0 bridgehead atoms. The van der Waals surface area contributed by atoms with E-state index in [0.29, 0.717) is 17.5 Å². The van der Waals surface area contributed by atoms with E-state index in [-0.39, 0.29) is 18.4 Å². The Morgan fingerprint density at radius 1 is 1.00 bits per heavy atom. The van der Waals surface area contributed by atoms with Crippen molar-refractivity contribution in [3.8, 4) is 0 Å². The van der Waals surface area contributed by atoms with Crippen molar-refractivity contribution in [2.24, 2.45) is 5.73 Å². The van der Waals surface area contributed by atoms with E-state index in [2.05, 4.69) is 0 Å². The summed E-state index contributed by atoms with van der Waals surface area (Å²) in [5.41, 5.74) is 8.04. The van der Waals surface area contributed by atoms with Gasteiger partial charge in [0.15, 0.2) is 5.78 Å². The molecule has 0 radical (unpaired) electrons. The van der Waals surface area contributed by atoms with Crippen molar-refractivity contribution in [2.45, 2.75) is 12.5 Å². The lowest BCUT2D eigenvalue weighted by molar-refractivity contribution is 0.103. The largest absolute Gasteiger partial charge is 0.395 e. The molecule has 98 valence electrons. The predicted molar refractivity (Wildman–Crippen MR) is 75.1 cm³/mol. The summed E-state index contributed by atoms with van der Waals surface area (Å²) in [4.78, 5) is 12.2. The number of ketones is 1. The Labute approximate surface area is 112 Å². The van der Waals surface area contributed by atoms with Crippen molar-refractivity contribution in [1.82, 2.24) is 0 Å². The maximum atomic E-state index is 12.2. The van der Waals surface area contributed by atoms with Gasteiger partial charge in [0, 0.05) is 17.2 Å². The number of hydrogen-bond donors (Lipinski definition) is 2. The van der Waals surface area contributed by atoms with Crippen LogP contribution in [0.25, 0.3) is 0 Å². The van der Waals surface area contributed by atoms with Gasteiger partial charge in [-0.25, -0.2) is 0 Å². The Morgan fingerprint density at radius 3 is 2.16 bits per heavy atom. The molecule has 2 rings (SSSR count). The fourth-order valence-corrected chi connectivity index (χ4v) is 1.92. The third-order valence-corrected chi connectivity index (χ3v) is 2.98. The standard InChI is InChI=1S/C16H17NO2/c17-15(11-18)10-12-6-8-14(9-7-12)16(19)13-4-2-1-3-5-13/h1-9,15,18H,10-11,17H2/t15-/m0/s1. The molecule has 0 heterocycles. The molecule has 0 spiro atoms. The van der Waals surface area contributed by atoms with Gasteiger partial charge in [0.05, 0.1) is 6.61 Å². The number of hydrogen-bond acceptors (Lipinski definition) is 3. The molecule has 19 heavy (non-hydrogen) atoms. The summed E-state index contributed by atoms with van der Waals surface area (Å²) in [6.07, 6.45) is 0.607. The number of benzene rings is 2. The van der Waals surface area contributed by atoms with Gasteiger partial charge in [-0.1, -0.05) is 54.6 Å². The van der Waals surface area contributed by atoms with Crippen molar-refractivity contribution in [3.05, 3.63) is 71.3 Å². The average molecular weight is 255 g/mol. The van der Waals surface area contributed by atoms with Crippen molar-refractivity contribution in [3.63, 3.8) is 0 Å². The molecule has 0 aromatic heterocycles. The quantitative estimate of drug-likeness (QED) is 0.800. The van der Waals surface area contributed by atoms with E-state index >= 15 is 0 Å². The van der Waals surface area contributed by atoms with Crippen LogP contribution in [0.2, 0.25) is 0 Å². The average Bonchev–Trinajstić information content (AvgIpc) is 2.48. The van der Waals surface area contributed by atoms with Crippen LogP contribution in [0.3, 0.4) is 0 Å². The highest BCUT2D eigenvalue weighted by molar-refractivity contribution is 6.08. The Hall–Kier alpha value is -1.97. The molecule has 3 heteroatoms. The Morgan fingerprint density at radius 2 is 1.58 bits per heavy atom. The maximum Gasteiger partial charge on any atom is 0.193 e. The number of nitrogens with two attached hydrogens (primary N) is 1. The molecule has 1 atom stereocenters. The Kier molecular flexibility index (Phi) is 4.44. The van der Waals surface area contributed by atoms with E-state index < -0.39 is 0 Å². The fourth-order valence-electron chi connectivity index (χ4n) is 1.92. The summed E-state index contributed by atoms with van der Waals surface area (Å²) in [6, 6.07) is 16.3. The molecule has 0 aliphatic carbocycles. The van der Waals surface area contributed by atoms with Crippen LogP contribution in [0.1, 0.15) is 21.5 Å². The lowest BCUT2D eigenvalue weighted by Crippen LogP contribution is -2.26. The fraction of sp³-hybridized carbons (Fsp3) is 0.188. The number of aliphatic hydroxyl groups excluding tert-OH is 1. The highest BCUT2D eigenvalue weighted by Gasteiger charge is 2.08. The molecule has 0 saturated carbocycles. The molecule has 2 aromatic rings. The summed E-state index contributed by atoms with van der Waals surface area (Å²) in [5.74, 6) is 0.0126. The van der Waals surface area contributed by atoms with Crippen LogP contribution in [0.5, 0.6) is 0 Å². The summed E-state index contributed by atoms with van der Waals surface area (Å²) >= 11 is 0. The van der Waals surface area contributed by atoms with Gasteiger partial charge in [-0.05, 0) is 12.0 Å². The van der Waals surface area contributed by atoms with E-state index in [1.807, 2.05) is 30.3 Å². The van der Waals surface area contributed by atoms with Gasteiger partial charge in [0.1, 0.15) is 0 Å². The molecule has 0 amide bonds. The van der Waals surface area contributed by atoms with E-state index in [0.717, 1.165) is 5.56 Å². The predicted octanol–water partition coefficient (Wildman–Crippen LogP) is 1.78. The van der Waals surface area contributed by atoms with Gasteiger partial charge >= 0.3 is 0 Å². The lowest BCUT2D eigenvalue weighted by Gasteiger charge is -2.08. The molecule has 0 aliphatic heterocycles. The van der Waals surface area contributed by atoms with Crippen LogP contribution in [-0.4, -0.2) is 23.5 Å². The summed E-state index contributed by atoms with van der Waals surface area (Å²) in [5, 5.41) is 8.91. The minimum absolute atomic E-state index is 0.0126. The number of rotatable bonds is 5. The van der Waals surface area contributed by atoms with E-state index in [4.69, 9.17) is 10.8 Å². The summed E-state index contributed by atoms with van der Waals surface area (Å²) in [7, 11) is 0. The molecular weight excluding hydrogens is 238 g/mol. The van der Waals surface area contributed by atoms with Gasteiger partial charge in [0.2, 0.25) is 0 Å². The van der Waals surface area contributed by atoms with Crippen molar-refractivity contribution in [1.29, 1.82) is 0 Å². The zero-order valence-electron chi connectivity index (χ0n) is 10.6. The molecular formula is C16H17NO2. The first kappa shape index (κ1) is 13.5. The van der Waals surface area contributed by atoms with Crippen LogP contribution >= 0.6 is 0 Å². The molecule has 3 N–H and O–H groups in total. The summed E-state index contributed by atoms with van der Waals surface area (Å²) < 4.78 is 0. The second-order valence-corrected chi connectivity index (χ2v) is 4.54. The van der Waals surface area contributed by atoms with Gasteiger partial charge in [-0.15, -0.1) is 0 Å². The first-order chi connectivity index (χ1) is 9.20. The second kappa shape index (κ2) is 6.27. The minimum atomic E-state index is -0.254.